The van der Waals surface area contributed by atoms with E-state index in [1.165, 1.54) is 25.5 Å². The largest absolute Gasteiger partial charge is 0.457 e. The van der Waals surface area contributed by atoms with Crippen molar-refractivity contribution in [1.82, 2.24) is 0 Å². The fourth-order valence-electron chi connectivity index (χ4n) is 2.26. The Kier molecular flexibility index (Phi) is 5.82. The molecule has 0 saturated carbocycles. The normalized spacial score (nSPS) is 14.7. The summed E-state index contributed by atoms with van der Waals surface area (Å²) in [6.07, 6.45) is 1.07. The molecule has 2 aromatic carbocycles. The van der Waals surface area contributed by atoms with Gasteiger partial charge in [0, 0.05) is 14.4 Å². The van der Waals surface area contributed by atoms with Crippen molar-refractivity contribution in [3.8, 4) is 11.5 Å². The summed E-state index contributed by atoms with van der Waals surface area (Å²) < 4.78 is 7.35. The van der Waals surface area contributed by atoms with Crippen molar-refractivity contribution in [2.75, 3.05) is 10.2 Å². The highest BCUT2D eigenvalue weighted by atomic mass is 32.3. The van der Waals surface area contributed by atoms with Gasteiger partial charge in [-0.25, -0.2) is 0 Å². The third kappa shape index (κ3) is 4.06. The number of allylic oxidation sites excluding steroid dienone is 1. The van der Waals surface area contributed by atoms with E-state index in [0.29, 0.717) is 0 Å². The number of rotatable bonds is 4. The van der Waals surface area contributed by atoms with Crippen LogP contribution in [0.1, 0.15) is 18.9 Å². The van der Waals surface area contributed by atoms with Crippen molar-refractivity contribution in [3.63, 3.8) is 0 Å². The highest BCUT2D eigenvalue weighted by Gasteiger charge is 2.13. The molecule has 0 aliphatic carbocycles. The molecule has 114 valence electrons. The van der Waals surface area contributed by atoms with Crippen molar-refractivity contribution < 1.29 is 4.74 Å². The second-order valence-corrected chi connectivity index (χ2v) is 8.73. The Hall–Kier alpha value is -0.970. The minimum Gasteiger partial charge on any atom is -0.457 e. The predicted molar refractivity (Wildman–Crippen MR) is 103 cm³/mol. The molecule has 0 bridgehead atoms. The molecule has 3 rings (SSSR count). The van der Waals surface area contributed by atoms with Gasteiger partial charge in [-0.3, -0.25) is 0 Å². The van der Waals surface area contributed by atoms with E-state index in [0.717, 1.165) is 17.9 Å². The summed E-state index contributed by atoms with van der Waals surface area (Å²) >= 11 is 5.94. The van der Waals surface area contributed by atoms with Crippen molar-refractivity contribution in [1.29, 1.82) is 0 Å². The van der Waals surface area contributed by atoms with Crippen LogP contribution in [0.3, 0.4) is 0 Å². The lowest BCUT2D eigenvalue weighted by atomic mass is 10.1. The highest BCUT2D eigenvalue weighted by Crippen LogP contribution is 2.44. The van der Waals surface area contributed by atoms with Crippen molar-refractivity contribution >= 4 is 40.9 Å². The summed E-state index contributed by atoms with van der Waals surface area (Å²) in [5.41, 5.74) is 2.77. The van der Waals surface area contributed by atoms with Crippen LogP contribution >= 0.6 is 35.3 Å². The summed E-state index contributed by atoms with van der Waals surface area (Å²) in [7, 11) is 0. The molecule has 1 aliphatic heterocycles. The van der Waals surface area contributed by atoms with Crippen LogP contribution in [-0.2, 0) is 0 Å². The first kappa shape index (κ1) is 15.9. The van der Waals surface area contributed by atoms with Gasteiger partial charge in [0.15, 0.2) is 0 Å². The number of benzene rings is 2. The number of thioether (sulfide) groups is 3. The predicted octanol–water partition coefficient (Wildman–Crippen LogP) is 6.69. The van der Waals surface area contributed by atoms with Crippen LogP contribution in [0.25, 0.3) is 5.57 Å². The average molecular weight is 347 g/mol. The summed E-state index contributed by atoms with van der Waals surface area (Å²) in [5, 5.41) is 2.34. The van der Waals surface area contributed by atoms with Crippen molar-refractivity contribution in [2.45, 2.75) is 13.3 Å². The van der Waals surface area contributed by atoms with Crippen molar-refractivity contribution in [3.05, 3.63) is 64.4 Å². The fourth-order valence-corrected chi connectivity index (χ4v) is 6.74. The maximum atomic E-state index is 5.86. The van der Waals surface area contributed by atoms with E-state index in [-0.39, 0.29) is 0 Å². The molecule has 1 nitrogen and oxygen atoms in total. The van der Waals surface area contributed by atoms with Gasteiger partial charge in [-0.15, -0.1) is 35.3 Å². The zero-order valence-electron chi connectivity index (χ0n) is 12.5. The molecule has 0 atom stereocenters. The molecule has 0 unspecified atom stereocenters. The monoisotopic (exact) mass is 346 g/mol. The molecule has 1 aliphatic rings. The van der Waals surface area contributed by atoms with E-state index in [1.54, 1.807) is 0 Å². The fraction of sp³-hybridized carbons (Fsp3) is 0.222. The Morgan fingerprint density at radius 3 is 2.18 bits per heavy atom. The van der Waals surface area contributed by atoms with Crippen LogP contribution in [0, 0.1) is 0 Å². The molecule has 4 heteroatoms. The van der Waals surface area contributed by atoms with E-state index >= 15 is 0 Å². The van der Waals surface area contributed by atoms with Gasteiger partial charge < -0.3 is 4.74 Å². The Bertz CT molecular complexity index is 627. The number of para-hydroxylation sites is 1. The van der Waals surface area contributed by atoms with Crippen LogP contribution in [-0.4, -0.2) is 10.2 Å². The van der Waals surface area contributed by atoms with Crippen LogP contribution in [0.15, 0.2) is 58.8 Å². The first-order chi connectivity index (χ1) is 10.9. The summed E-state index contributed by atoms with van der Waals surface area (Å²) in [5.74, 6) is 1.76. The molecular weight excluding hydrogens is 328 g/mol. The van der Waals surface area contributed by atoms with Gasteiger partial charge in [0.25, 0.3) is 0 Å². The molecule has 1 heterocycles. The van der Waals surface area contributed by atoms with E-state index in [9.17, 15) is 0 Å². The van der Waals surface area contributed by atoms with E-state index in [2.05, 4.69) is 31.2 Å². The van der Waals surface area contributed by atoms with Crippen LogP contribution in [0.4, 0.5) is 0 Å². The lowest BCUT2D eigenvalue weighted by Gasteiger charge is -2.17. The first-order valence-electron chi connectivity index (χ1n) is 7.26. The Balaban J connectivity index is 1.78. The van der Waals surface area contributed by atoms with Crippen LogP contribution in [0.2, 0.25) is 0 Å². The molecule has 0 spiro atoms. The van der Waals surface area contributed by atoms with Crippen molar-refractivity contribution in [2.24, 2.45) is 0 Å². The summed E-state index contributed by atoms with van der Waals surface area (Å²) in [4.78, 5) is 0. The van der Waals surface area contributed by atoms with Gasteiger partial charge in [-0.1, -0.05) is 37.3 Å². The molecule has 0 radical (unpaired) electrons. The van der Waals surface area contributed by atoms with Gasteiger partial charge in [-0.2, -0.15) is 0 Å². The Labute approximate surface area is 144 Å². The van der Waals surface area contributed by atoms with Gasteiger partial charge in [0.2, 0.25) is 0 Å². The number of ether oxygens (including phenoxy) is 1. The Morgan fingerprint density at radius 2 is 1.55 bits per heavy atom. The van der Waals surface area contributed by atoms with Gasteiger partial charge in [-0.05, 0) is 41.8 Å². The number of hydrogen-bond acceptors (Lipinski definition) is 4. The molecule has 22 heavy (non-hydrogen) atoms. The molecule has 1 fully saturated rings. The summed E-state index contributed by atoms with van der Waals surface area (Å²) in [6, 6.07) is 18.4. The molecular formula is C18H18OS3. The first-order valence-corrected chi connectivity index (χ1v) is 10.4. The minimum atomic E-state index is 0.875. The lowest BCUT2D eigenvalue weighted by molar-refractivity contribution is 0.482. The third-order valence-corrected chi connectivity index (χ3v) is 7.33. The molecule has 0 amide bonds. The molecule has 0 aromatic heterocycles. The highest BCUT2D eigenvalue weighted by molar-refractivity contribution is 8.36. The lowest BCUT2D eigenvalue weighted by Crippen LogP contribution is -1.92. The molecule has 0 N–H and O–H groups in total. The molecule has 2 aromatic rings. The second-order valence-electron chi connectivity index (χ2n) is 4.79. The zero-order chi connectivity index (χ0) is 15.2. The SMILES string of the molecule is CCC(=C1SCSCS1)c1ccc(Oc2ccccc2)cc1. The zero-order valence-corrected chi connectivity index (χ0v) is 14.9. The molecule has 1 saturated heterocycles. The van der Waals surface area contributed by atoms with Gasteiger partial charge in [0.05, 0.1) is 0 Å². The smallest absolute Gasteiger partial charge is 0.127 e. The Morgan fingerprint density at radius 1 is 0.909 bits per heavy atom. The van der Waals surface area contributed by atoms with E-state index in [4.69, 9.17) is 4.74 Å². The van der Waals surface area contributed by atoms with Crippen LogP contribution < -0.4 is 4.74 Å². The quantitative estimate of drug-likeness (QED) is 0.610. The topological polar surface area (TPSA) is 9.23 Å². The average Bonchev–Trinajstić information content (AvgIpc) is 2.59. The van der Waals surface area contributed by atoms with Gasteiger partial charge >= 0.3 is 0 Å². The van der Waals surface area contributed by atoms with E-state index < -0.39 is 0 Å². The third-order valence-electron chi connectivity index (χ3n) is 3.33. The van der Waals surface area contributed by atoms with Crippen LogP contribution in [0.5, 0.6) is 11.5 Å². The van der Waals surface area contributed by atoms with E-state index in [1.807, 2.05) is 65.6 Å². The second kappa shape index (κ2) is 8.04. The summed E-state index contributed by atoms with van der Waals surface area (Å²) in [6.45, 7) is 2.24. The maximum absolute atomic E-state index is 5.86. The number of hydrogen-bond donors (Lipinski definition) is 0. The standard InChI is InChI=1S/C18H18OS3/c1-2-17(18-21-12-20-13-22-18)14-8-10-16(11-9-14)19-15-6-4-3-5-7-15/h3-11H,2,12-13H2,1H3. The minimum absolute atomic E-state index is 0.875. The maximum Gasteiger partial charge on any atom is 0.127 e. The van der Waals surface area contributed by atoms with Gasteiger partial charge in [0.1, 0.15) is 11.5 Å².